The van der Waals surface area contributed by atoms with E-state index in [4.69, 9.17) is 22.1 Å². The molecule has 3 aromatic rings. The van der Waals surface area contributed by atoms with Crippen LogP contribution in [0.2, 0.25) is 5.02 Å². The summed E-state index contributed by atoms with van der Waals surface area (Å²) in [4.78, 5) is 28.2. The van der Waals surface area contributed by atoms with Gasteiger partial charge in [0.1, 0.15) is 11.4 Å². The number of methoxy groups -OCH3 is 1. The second kappa shape index (κ2) is 7.63. The number of hydrogen-bond donors (Lipinski definition) is 2. The highest BCUT2D eigenvalue weighted by Gasteiger charge is 2.16. The van der Waals surface area contributed by atoms with Crippen LogP contribution in [0.25, 0.3) is 10.9 Å². The molecule has 0 aliphatic carbocycles. The van der Waals surface area contributed by atoms with Gasteiger partial charge in [0.2, 0.25) is 5.91 Å². The van der Waals surface area contributed by atoms with Crippen LogP contribution in [-0.4, -0.2) is 23.9 Å². The van der Waals surface area contributed by atoms with Gasteiger partial charge in [0.15, 0.2) is 0 Å². The lowest BCUT2D eigenvalue weighted by molar-refractivity contribution is 0.0933. The van der Waals surface area contributed by atoms with E-state index in [-0.39, 0.29) is 17.6 Å². The van der Waals surface area contributed by atoms with E-state index in [1.807, 2.05) is 6.92 Å². The summed E-state index contributed by atoms with van der Waals surface area (Å²) in [6.45, 7) is 1.84. The van der Waals surface area contributed by atoms with E-state index in [0.717, 1.165) is 10.9 Å². The Bertz CT molecular complexity index is 1020. The molecular formula is C20H18ClN3O3. The highest BCUT2D eigenvalue weighted by atomic mass is 35.5. The van der Waals surface area contributed by atoms with Crippen molar-refractivity contribution in [1.82, 2.24) is 10.3 Å². The van der Waals surface area contributed by atoms with E-state index in [9.17, 15) is 9.59 Å². The van der Waals surface area contributed by atoms with Crippen molar-refractivity contribution in [3.63, 3.8) is 0 Å². The number of halogens is 1. The number of primary amides is 1. The maximum atomic E-state index is 12.7. The number of nitrogens with one attached hydrogen (secondary N) is 1. The Hall–Kier alpha value is -3.12. The molecule has 2 aromatic carbocycles. The minimum atomic E-state index is -0.496. The number of pyridine rings is 1. The van der Waals surface area contributed by atoms with E-state index in [0.29, 0.717) is 21.9 Å². The molecule has 1 heterocycles. The quantitative estimate of drug-likeness (QED) is 0.705. The Balaban J connectivity index is 1.85. The summed E-state index contributed by atoms with van der Waals surface area (Å²) in [6.07, 6.45) is 0. The molecule has 1 atom stereocenters. The Morgan fingerprint density at radius 3 is 2.48 bits per heavy atom. The third-order valence-corrected chi connectivity index (χ3v) is 4.46. The molecule has 138 valence electrons. The largest absolute Gasteiger partial charge is 0.496 e. The van der Waals surface area contributed by atoms with Gasteiger partial charge in [0, 0.05) is 22.0 Å². The molecule has 0 bridgehead atoms. The van der Waals surface area contributed by atoms with Gasteiger partial charge in [0.25, 0.3) is 5.91 Å². The molecular weight excluding hydrogens is 366 g/mol. The monoisotopic (exact) mass is 383 g/mol. The third-order valence-electron chi connectivity index (χ3n) is 4.23. The zero-order valence-electron chi connectivity index (χ0n) is 14.8. The number of rotatable bonds is 5. The molecule has 6 nitrogen and oxygen atoms in total. The van der Waals surface area contributed by atoms with Gasteiger partial charge >= 0.3 is 0 Å². The number of fused-ring (bicyclic) bond motifs is 1. The molecule has 0 aliphatic rings. The molecule has 0 saturated heterocycles. The van der Waals surface area contributed by atoms with Crippen molar-refractivity contribution in [1.29, 1.82) is 0 Å². The molecule has 0 saturated carbocycles. The van der Waals surface area contributed by atoms with E-state index in [2.05, 4.69) is 10.3 Å². The van der Waals surface area contributed by atoms with Crippen molar-refractivity contribution in [2.45, 2.75) is 13.0 Å². The Morgan fingerprint density at radius 1 is 1.15 bits per heavy atom. The van der Waals surface area contributed by atoms with Gasteiger partial charge in [-0.05, 0) is 42.8 Å². The van der Waals surface area contributed by atoms with Crippen LogP contribution in [0.1, 0.15) is 39.4 Å². The minimum absolute atomic E-state index is 0.224. The topological polar surface area (TPSA) is 94.3 Å². The minimum Gasteiger partial charge on any atom is -0.496 e. The second-order valence-electron chi connectivity index (χ2n) is 6.05. The second-order valence-corrected chi connectivity index (χ2v) is 6.49. The maximum absolute atomic E-state index is 12.7. The van der Waals surface area contributed by atoms with Crippen LogP contribution in [0.5, 0.6) is 5.75 Å². The molecule has 0 fully saturated rings. The summed E-state index contributed by atoms with van der Waals surface area (Å²) >= 11 is 6.03. The summed E-state index contributed by atoms with van der Waals surface area (Å²) in [5.74, 6) is -0.300. The Morgan fingerprint density at radius 2 is 1.85 bits per heavy atom. The van der Waals surface area contributed by atoms with Gasteiger partial charge in [-0.15, -0.1) is 0 Å². The highest BCUT2D eigenvalue weighted by Crippen LogP contribution is 2.27. The van der Waals surface area contributed by atoms with Gasteiger partial charge in [-0.2, -0.15) is 0 Å². The van der Waals surface area contributed by atoms with Crippen molar-refractivity contribution in [3.05, 3.63) is 70.4 Å². The standard InChI is InChI=1S/C20H18ClN3O3/c1-11(12-3-5-13(6-4-12)19(22)25)23-20(26)17-10-18(27-2)15-8-7-14(21)9-16(15)24-17/h3-11H,1-2H3,(H2,22,25)(H,23,26). The average Bonchev–Trinajstić information content (AvgIpc) is 2.66. The number of carbonyl (C=O) groups is 2. The van der Waals surface area contributed by atoms with Crippen LogP contribution in [0.15, 0.2) is 48.5 Å². The fraction of sp³-hybridized carbons (Fsp3) is 0.150. The number of nitrogens with two attached hydrogens (primary N) is 1. The van der Waals surface area contributed by atoms with Gasteiger partial charge in [0.05, 0.1) is 18.7 Å². The lowest BCUT2D eigenvalue weighted by Crippen LogP contribution is -2.27. The number of benzene rings is 2. The van der Waals surface area contributed by atoms with Crippen LogP contribution >= 0.6 is 11.6 Å². The van der Waals surface area contributed by atoms with Crippen molar-refractivity contribution < 1.29 is 14.3 Å². The van der Waals surface area contributed by atoms with Gasteiger partial charge < -0.3 is 15.8 Å². The summed E-state index contributed by atoms with van der Waals surface area (Å²) in [5, 5.41) is 4.18. The summed E-state index contributed by atoms with van der Waals surface area (Å²) in [6, 6.07) is 13.3. The molecule has 0 aliphatic heterocycles. The average molecular weight is 384 g/mol. The number of carbonyl (C=O) groups excluding carboxylic acids is 2. The number of ether oxygens (including phenoxy) is 1. The normalized spacial score (nSPS) is 11.8. The number of nitrogens with zero attached hydrogens (tertiary/aromatic N) is 1. The van der Waals surface area contributed by atoms with Crippen molar-refractivity contribution >= 4 is 34.3 Å². The first kappa shape index (κ1) is 18.7. The molecule has 3 rings (SSSR count). The molecule has 0 spiro atoms. The highest BCUT2D eigenvalue weighted by molar-refractivity contribution is 6.31. The summed E-state index contributed by atoms with van der Waals surface area (Å²) < 4.78 is 5.38. The SMILES string of the molecule is COc1cc(C(=O)NC(C)c2ccc(C(N)=O)cc2)nc2cc(Cl)ccc12. The van der Waals surface area contributed by atoms with Crippen LogP contribution in [0.4, 0.5) is 0 Å². The van der Waals surface area contributed by atoms with Crippen LogP contribution in [0, 0.1) is 0 Å². The first-order valence-corrected chi connectivity index (χ1v) is 8.61. The van der Waals surface area contributed by atoms with Gasteiger partial charge in [-0.25, -0.2) is 4.98 Å². The van der Waals surface area contributed by atoms with E-state index in [1.165, 1.54) is 7.11 Å². The van der Waals surface area contributed by atoms with Gasteiger partial charge in [-0.3, -0.25) is 9.59 Å². The Labute approximate surface area is 161 Å². The number of amides is 2. The van der Waals surface area contributed by atoms with Crippen molar-refractivity contribution in [3.8, 4) is 5.75 Å². The van der Waals surface area contributed by atoms with Crippen LogP contribution < -0.4 is 15.8 Å². The van der Waals surface area contributed by atoms with Crippen molar-refractivity contribution in [2.75, 3.05) is 7.11 Å². The van der Waals surface area contributed by atoms with E-state index in [1.54, 1.807) is 48.5 Å². The predicted octanol–water partition coefficient (Wildman–Crippen LogP) is 3.49. The van der Waals surface area contributed by atoms with E-state index < -0.39 is 5.91 Å². The fourth-order valence-corrected chi connectivity index (χ4v) is 2.91. The first-order valence-electron chi connectivity index (χ1n) is 8.24. The number of hydrogen-bond acceptors (Lipinski definition) is 4. The fourth-order valence-electron chi connectivity index (χ4n) is 2.74. The lowest BCUT2D eigenvalue weighted by Gasteiger charge is -2.15. The first-order chi connectivity index (χ1) is 12.9. The van der Waals surface area contributed by atoms with E-state index >= 15 is 0 Å². The molecule has 1 unspecified atom stereocenters. The molecule has 2 amide bonds. The summed E-state index contributed by atoms with van der Waals surface area (Å²) in [5.41, 5.74) is 7.29. The van der Waals surface area contributed by atoms with Crippen molar-refractivity contribution in [2.24, 2.45) is 5.73 Å². The molecule has 0 radical (unpaired) electrons. The maximum Gasteiger partial charge on any atom is 0.270 e. The smallest absolute Gasteiger partial charge is 0.270 e. The zero-order valence-corrected chi connectivity index (χ0v) is 15.6. The van der Waals surface area contributed by atoms with Crippen LogP contribution in [-0.2, 0) is 0 Å². The Kier molecular flexibility index (Phi) is 5.28. The summed E-state index contributed by atoms with van der Waals surface area (Å²) in [7, 11) is 1.54. The number of aromatic nitrogens is 1. The lowest BCUT2D eigenvalue weighted by atomic mass is 10.1. The predicted molar refractivity (Wildman–Crippen MR) is 104 cm³/mol. The molecule has 7 heteroatoms. The van der Waals surface area contributed by atoms with Crippen LogP contribution in [0.3, 0.4) is 0 Å². The molecule has 27 heavy (non-hydrogen) atoms. The molecule has 1 aromatic heterocycles. The molecule has 3 N–H and O–H groups in total. The van der Waals surface area contributed by atoms with Gasteiger partial charge in [-0.1, -0.05) is 23.7 Å². The third kappa shape index (κ3) is 4.01. The zero-order chi connectivity index (χ0) is 19.6.